The minimum absolute atomic E-state index is 0.358. The normalized spacial score (nSPS) is 9.30. The third kappa shape index (κ3) is 1.10. The Bertz CT molecular complexity index is 242. The fourth-order valence-electron chi connectivity index (χ4n) is 0.635. The van der Waals surface area contributed by atoms with E-state index in [0.29, 0.717) is 11.4 Å². The lowest BCUT2D eigenvalue weighted by Crippen LogP contribution is -2.10. The maximum absolute atomic E-state index is 10.5. The van der Waals surface area contributed by atoms with Gasteiger partial charge in [0.2, 0.25) is 0 Å². The highest BCUT2D eigenvalue weighted by Gasteiger charge is 2.02. The number of methoxy groups -OCH3 is 1. The number of H-pyrrole nitrogens is 1. The molecule has 0 fully saturated rings. The van der Waals surface area contributed by atoms with Crippen molar-refractivity contribution in [1.29, 1.82) is 0 Å². The summed E-state index contributed by atoms with van der Waals surface area (Å²) in [6, 6.07) is 1.54. The molecule has 0 radical (unpaired) electrons. The third-order valence-electron chi connectivity index (χ3n) is 1.16. The zero-order chi connectivity index (χ0) is 7.56. The molecule has 1 amide bonds. The van der Waals surface area contributed by atoms with E-state index >= 15 is 0 Å². The van der Waals surface area contributed by atoms with Gasteiger partial charge >= 0.3 is 0 Å². The van der Waals surface area contributed by atoms with Crippen LogP contribution in [-0.4, -0.2) is 18.0 Å². The maximum atomic E-state index is 10.5. The summed E-state index contributed by atoms with van der Waals surface area (Å²) in [5.74, 6) is 0.122. The molecule has 0 spiro atoms. The molecule has 4 nitrogen and oxygen atoms in total. The number of hydrogen-bond acceptors (Lipinski definition) is 2. The number of nitrogens with one attached hydrogen (secondary N) is 1. The Hall–Kier alpha value is -1.45. The Morgan fingerprint density at radius 3 is 2.80 bits per heavy atom. The van der Waals surface area contributed by atoms with Crippen molar-refractivity contribution in [3.05, 3.63) is 18.0 Å². The number of ether oxygens (including phenoxy) is 1. The molecular weight excluding hydrogens is 132 g/mol. The van der Waals surface area contributed by atoms with Gasteiger partial charge < -0.3 is 15.5 Å². The molecule has 0 saturated heterocycles. The van der Waals surface area contributed by atoms with Gasteiger partial charge in [-0.05, 0) is 0 Å². The third-order valence-corrected chi connectivity index (χ3v) is 1.16. The van der Waals surface area contributed by atoms with Crippen LogP contribution in [0.5, 0.6) is 5.75 Å². The second-order valence-corrected chi connectivity index (χ2v) is 1.82. The number of amides is 1. The van der Waals surface area contributed by atoms with Crippen LogP contribution < -0.4 is 10.5 Å². The van der Waals surface area contributed by atoms with E-state index in [9.17, 15) is 4.79 Å². The molecule has 1 aromatic rings. The number of hydrogen-bond donors (Lipinski definition) is 2. The minimum atomic E-state index is -0.483. The van der Waals surface area contributed by atoms with Crippen molar-refractivity contribution in [2.75, 3.05) is 7.11 Å². The second-order valence-electron chi connectivity index (χ2n) is 1.82. The Labute approximate surface area is 58.0 Å². The predicted molar refractivity (Wildman–Crippen MR) is 35.9 cm³/mol. The predicted octanol–water partition coefficient (Wildman–Crippen LogP) is 0.122. The summed E-state index contributed by atoms with van der Waals surface area (Å²) in [4.78, 5) is 13.1. The zero-order valence-electron chi connectivity index (χ0n) is 5.55. The molecule has 0 aromatic carbocycles. The van der Waals surface area contributed by atoms with Crippen molar-refractivity contribution in [1.82, 2.24) is 4.98 Å². The van der Waals surface area contributed by atoms with Crippen molar-refractivity contribution in [3.8, 4) is 5.75 Å². The van der Waals surface area contributed by atoms with Crippen molar-refractivity contribution in [2.45, 2.75) is 0 Å². The van der Waals surface area contributed by atoms with Crippen LogP contribution in [0.25, 0.3) is 0 Å². The van der Waals surface area contributed by atoms with E-state index in [1.807, 2.05) is 0 Å². The quantitative estimate of drug-likeness (QED) is 0.612. The summed E-state index contributed by atoms with van der Waals surface area (Å²) in [6.07, 6.45) is 1.57. The van der Waals surface area contributed by atoms with E-state index in [4.69, 9.17) is 10.5 Å². The number of nitrogens with two attached hydrogens (primary N) is 1. The highest BCUT2D eigenvalue weighted by Crippen LogP contribution is 2.09. The molecule has 0 bridgehead atoms. The van der Waals surface area contributed by atoms with Crippen LogP contribution in [0.3, 0.4) is 0 Å². The fraction of sp³-hybridized carbons (Fsp3) is 0.167. The molecule has 4 heteroatoms. The molecule has 10 heavy (non-hydrogen) atoms. The van der Waals surface area contributed by atoms with Gasteiger partial charge in [-0.3, -0.25) is 4.79 Å². The van der Waals surface area contributed by atoms with Gasteiger partial charge in [0.05, 0.1) is 7.11 Å². The summed E-state index contributed by atoms with van der Waals surface area (Å²) < 4.78 is 4.81. The van der Waals surface area contributed by atoms with Gasteiger partial charge in [0.1, 0.15) is 11.4 Å². The van der Waals surface area contributed by atoms with E-state index in [2.05, 4.69) is 4.98 Å². The Morgan fingerprint density at radius 1 is 1.80 bits per heavy atom. The molecule has 54 valence electrons. The number of primary amides is 1. The first kappa shape index (κ1) is 6.67. The lowest BCUT2D eigenvalue weighted by molar-refractivity contribution is 0.0996. The molecular formula is C6H8N2O2. The van der Waals surface area contributed by atoms with Gasteiger partial charge in [-0.15, -0.1) is 0 Å². The first-order valence-corrected chi connectivity index (χ1v) is 2.76. The summed E-state index contributed by atoms with van der Waals surface area (Å²) in [7, 11) is 1.52. The SMILES string of the molecule is COc1c[nH]c(C(N)=O)c1. The number of carbonyl (C=O) groups is 1. The summed E-state index contributed by atoms with van der Waals surface area (Å²) in [5.41, 5.74) is 5.31. The first-order valence-electron chi connectivity index (χ1n) is 2.76. The molecule has 0 atom stereocenters. The van der Waals surface area contributed by atoms with Crippen molar-refractivity contribution in [2.24, 2.45) is 5.73 Å². The number of rotatable bonds is 2. The molecule has 1 heterocycles. The molecule has 0 unspecified atom stereocenters. The lowest BCUT2D eigenvalue weighted by Gasteiger charge is -1.88. The number of carbonyl (C=O) groups excluding carboxylic acids is 1. The van der Waals surface area contributed by atoms with Crippen LogP contribution in [0, 0.1) is 0 Å². The molecule has 1 rings (SSSR count). The summed E-state index contributed by atoms with van der Waals surface area (Å²) >= 11 is 0. The Balaban J connectivity index is 2.88. The van der Waals surface area contributed by atoms with E-state index in [1.54, 1.807) is 12.3 Å². The van der Waals surface area contributed by atoms with Gasteiger partial charge in [-0.25, -0.2) is 0 Å². The Morgan fingerprint density at radius 2 is 2.50 bits per heavy atom. The molecule has 1 aromatic heterocycles. The van der Waals surface area contributed by atoms with E-state index in [-0.39, 0.29) is 0 Å². The molecule has 0 saturated carbocycles. The first-order chi connectivity index (χ1) is 4.74. The summed E-state index contributed by atoms with van der Waals surface area (Å²) in [6.45, 7) is 0. The standard InChI is InChI=1S/C6H8N2O2/c1-10-4-2-5(6(7)9)8-3-4/h2-3,8H,1H3,(H2,7,9). The fourth-order valence-corrected chi connectivity index (χ4v) is 0.635. The van der Waals surface area contributed by atoms with Gasteiger partial charge in [0.15, 0.2) is 0 Å². The van der Waals surface area contributed by atoms with E-state index < -0.39 is 5.91 Å². The summed E-state index contributed by atoms with van der Waals surface area (Å²) in [5, 5.41) is 0. The maximum Gasteiger partial charge on any atom is 0.265 e. The minimum Gasteiger partial charge on any atom is -0.495 e. The highest BCUT2D eigenvalue weighted by molar-refractivity contribution is 5.91. The Kier molecular flexibility index (Phi) is 1.62. The van der Waals surface area contributed by atoms with E-state index in [0.717, 1.165) is 0 Å². The molecule has 3 N–H and O–H groups in total. The van der Waals surface area contributed by atoms with Crippen LogP contribution in [0.4, 0.5) is 0 Å². The van der Waals surface area contributed by atoms with Gasteiger partial charge in [-0.1, -0.05) is 0 Å². The van der Waals surface area contributed by atoms with Gasteiger partial charge in [-0.2, -0.15) is 0 Å². The smallest absolute Gasteiger partial charge is 0.265 e. The zero-order valence-corrected chi connectivity index (χ0v) is 5.55. The molecule has 0 aliphatic heterocycles. The van der Waals surface area contributed by atoms with Gasteiger partial charge in [0, 0.05) is 12.3 Å². The molecule has 0 aliphatic carbocycles. The van der Waals surface area contributed by atoms with Crippen molar-refractivity contribution in [3.63, 3.8) is 0 Å². The van der Waals surface area contributed by atoms with Crippen LogP contribution >= 0.6 is 0 Å². The van der Waals surface area contributed by atoms with Crippen LogP contribution in [0.1, 0.15) is 10.5 Å². The van der Waals surface area contributed by atoms with Crippen molar-refractivity contribution < 1.29 is 9.53 Å². The highest BCUT2D eigenvalue weighted by atomic mass is 16.5. The second kappa shape index (κ2) is 2.43. The van der Waals surface area contributed by atoms with E-state index in [1.165, 1.54) is 7.11 Å². The average molecular weight is 140 g/mol. The van der Waals surface area contributed by atoms with Crippen LogP contribution in [0.15, 0.2) is 12.3 Å². The molecule has 0 aliphatic rings. The van der Waals surface area contributed by atoms with Gasteiger partial charge in [0.25, 0.3) is 5.91 Å². The topological polar surface area (TPSA) is 68.1 Å². The van der Waals surface area contributed by atoms with Crippen LogP contribution in [-0.2, 0) is 0 Å². The number of aromatic amines is 1. The largest absolute Gasteiger partial charge is 0.495 e. The lowest BCUT2D eigenvalue weighted by atomic mass is 10.4. The number of aromatic nitrogens is 1. The van der Waals surface area contributed by atoms with Crippen LogP contribution in [0.2, 0.25) is 0 Å². The monoisotopic (exact) mass is 140 g/mol. The average Bonchev–Trinajstić information content (AvgIpc) is 2.34. The van der Waals surface area contributed by atoms with Crippen molar-refractivity contribution >= 4 is 5.91 Å².